The summed E-state index contributed by atoms with van der Waals surface area (Å²) in [5.41, 5.74) is 7.60. The van der Waals surface area contributed by atoms with E-state index in [1.54, 1.807) is 0 Å². The van der Waals surface area contributed by atoms with Crippen LogP contribution in [0.15, 0.2) is 65.3 Å². The molecule has 5 rings (SSSR count). The molecule has 1 aliphatic rings. The van der Waals surface area contributed by atoms with Crippen LogP contribution in [0.1, 0.15) is 43.2 Å². The lowest BCUT2D eigenvalue weighted by molar-refractivity contribution is -0.924. The molecule has 1 N–H and O–H groups in total. The highest BCUT2D eigenvalue weighted by molar-refractivity contribution is 6.06. The van der Waals surface area contributed by atoms with Crippen LogP contribution in [-0.4, -0.2) is 11.1 Å². The van der Waals surface area contributed by atoms with Crippen LogP contribution in [0.4, 0.5) is 5.69 Å². The van der Waals surface area contributed by atoms with E-state index >= 15 is 0 Å². The van der Waals surface area contributed by atoms with Crippen LogP contribution in [0, 0.1) is 20.8 Å². The van der Waals surface area contributed by atoms with Gasteiger partial charge in [-0.25, -0.2) is 4.98 Å². The maximum absolute atomic E-state index is 6.17. The molecule has 4 aromatic rings. The van der Waals surface area contributed by atoms with Crippen molar-refractivity contribution < 1.29 is 33.3 Å². The fraction of sp³-hybridized carbons (Fsp3) is 0.296. The summed E-state index contributed by atoms with van der Waals surface area (Å²) >= 11 is 0. The number of para-hydroxylation sites is 1. The fourth-order valence-electron chi connectivity index (χ4n) is 5.35. The average Bonchev–Trinajstić information content (AvgIpc) is 3.28. The number of aryl methyl sites for hydroxylation is 3. The second kappa shape index (κ2) is 8.19. The minimum Gasteiger partial charge on any atom is -1.00 e. The van der Waals surface area contributed by atoms with Gasteiger partial charge in [0.2, 0.25) is 5.71 Å². The molecule has 2 aromatic carbocycles. The first-order chi connectivity index (χ1) is 14.8. The topological polar surface area (TPSA) is 33.7 Å². The highest BCUT2D eigenvalue weighted by atomic mass is 127. The van der Waals surface area contributed by atoms with E-state index in [9.17, 15) is 0 Å². The van der Waals surface area contributed by atoms with Crippen molar-refractivity contribution in [3.8, 4) is 0 Å². The van der Waals surface area contributed by atoms with Gasteiger partial charge in [0.15, 0.2) is 6.17 Å². The SMILES string of the molecule is Cc1ccc2c(n1)oc1ccc(C)c(C(C)(C)[NH+]3C=CN(c4ccccc4C)[C@H]3C)c12.[I-]. The number of quaternary nitrogens is 1. The maximum Gasteiger partial charge on any atom is 0.227 e. The Morgan fingerprint density at radius 3 is 2.47 bits per heavy atom. The third-order valence-electron chi connectivity index (χ3n) is 6.87. The molecule has 0 fully saturated rings. The summed E-state index contributed by atoms with van der Waals surface area (Å²) in [6, 6.07) is 17.1. The van der Waals surface area contributed by atoms with Gasteiger partial charge in [-0.15, -0.1) is 0 Å². The summed E-state index contributed by atoms with van der Waals surface area (Å²) in [7, 11) is 0. The van der Waals surface area contributed by atoms with Gasteiger partial charge in [0.1, 0.15) is 17.3 Å². The lowest BCUT2D eigenvalue weighted by Crippen LogP contribution is -3.17. The number of hydrogen-bond acceptors (Lipinski definition) is 3. The Balaban J connectivity index is 0.00000245. The molecular formula is C27H30IN3O. The predicted molar refractivity (Wildman–Crippen MR) is 127 cm³/mol. The standard InChI is InChI=1S/C27H29N3O.HI/c1-17-9-7-8-10-22(17)29-15-16-30(20(29)4)27(5,6)25-18(2)11-14-23-24(25)21-13-12-19(3)28-26(21)31-23;/h7-16,20H,1-6H3;1H/t20-;/m1./s1. The van der Waals surface area contributed by atoms with Crippen molar-refractivity contribution in [3.05, 3.63) is 83.3 Å². The van der Waals surface area contributed by atoms with E-state index in [1.807, 2.05) is 6.92 Å². The highest BCUT2D eigenvalue weighted by Gasteiger charge is 2.43. The molecule has 4 nitrogen and oxygen atoms in total. The number of hydrogen-bond donors (Lipinski definition) is 1. The Hall–Kier alpha value is -2.38. The van der Waals surface area contributed by atoms with Crippen molar-refractivity contribution in [2.24, 2.45) is 0 Å². The largest absolute Gasteiger partial charge is 1.00 e. The molecule has 0 radical (unpaired) electrons. The van der Waals surface area contributed by atoms with E-state index < -0.39 is 0 Å². The van der Waals surface area contributed by atoms with Crippen molar-refractivity contribution in [1.29, 1.82) is 0 Å². The van der Waals surface area contributed by atoms with Crippen LogP contribution >= 0.6 is 0 Å². The van der Waals surface area contributed by atoms with Crippen molar-refractivity contribution in [2.75, 3.05) is 4.90 Å². The smallest absolute Gasteiger partial charge is 0.227 e. The predicted octanol–water partition coefficient (Wildman–Crippen LogP) is 2.37. The Kier molecular flexibility index (Phi) is 5.84. The van der Waals surface area contributed by atoms with Crippen molar-refractivity contribution in [2.45, 2.75) is 53.2 Å². The molecule has 32 heavy (non-hydrogen) atoms. The summed E-state index contributed by atoms with van der Waals surface area (Å²) in [4.78, 5) is 8.44. The van der Waals surface area contributed by atoms with Gasteiger partial charge in [0, 0.05) is 34.6 Å². The number of anilines is 1. The number of halogens is 1. The minimum atomic E-state index is -0.168. The van der Waals surface area contributed by atoms with Gasteiger partial charge in [0.05, 0.1) is 6.20 Å². The molecule has 1 aliphatic heterocycles. The van der Waals surface area contributed by atoms with E-state index in [-0.39, 0.29) is 35.7 Å². The third-order valence-corrected chi connectivity index (χ3v) is 6.87. The monoisotopic (exact) mass is 539 g/mol. The molecule has 0 spiro atoms. The molecule has 166 valence electrons. The molecule has 0 saturated carbocycles. The number of benzene rings is 2. The molecule has 2 atom stereocenters. The summed E-state index contributed by atoms with van der Waals surface area (Å²) in [6.45, 7) is 13.4. The Morgan fingerprint density at radius 1 is 0.969 bits per heavy atom. The number of pyridine rings is 1. The van der Waals surface area contributed by atoms with Crippen LogP contribution in [0.5, 0.6) is 0 Å². The molecule has 2 aromatic heterocycles. The summed E-state index contributed by atoms with van der Waals surface area (Å²) in [6.07, 6.45) is 4.81. The minimum absolute atomic E-state index is 0. The molecule has 3 heterocycles. The molecule has 1 unspecified atom stereocenters. The van der Waals surface area contributed by atoms with E-state index in [2.05, 4.69) is 105 Å². The van der Waals surface area contributed by atoms with Crippen molar-refractivity contribution in [3.63, 3.8) is 0 Å². The van der Waals surface area contributed by atoms with Gasteiger partial charge in [-0.3, -0.25) is 9.80 Å². The first kappa shape index (κ1) is 22.8. The van der Waals surface area contributed by atoms with Crippen LogP contribution in [0.2, 0.25) is 0 Å². The second-order valence-electron chi connectivity index (χ2n) is 9.30. The lowest BCUT2D eigenvalue weighted by atomic mass is 9.85. The fourth-order valence-corrected chi connectivity index (χ4v) is 5.35. The lowest BCUT2D eigenvalue weighted by Gasteiger charge is -2.38. The summed E-state index contributed by atoms with van der Waals surface area (Å²) < 4.78 is 6.17. The molecule has 0 aliphatic carbocycles. The number of fused-ring (bicyclic) bond motifs is 3. The van der Waals surface area contributed by atoms with E-state index in [0.717, 1.165) is 22.4 Å². The maximum atomic E-state index is 6.17. The Morgan fingerprint density at radius 2 is 1.72 bits per heavy atom. The average molecular weight is 539 g/mol. The first-order valence-electron chi connectivity index (χ1n) is 11.0. The highest BCUT2D eigenvalue weighted by Crippen LogP contribution is 2.37. The quantitative estimate of drug-likeness (QED) is 0.406. The number of nitrogens with one attached hydrogen (secondary N) is 1. The van der Waals surface area contributed by atoms with Gasteiger partial charge in [0.25, 0.3) is 0 Å². The first-order valence-corrected chi connectivity index (χ1v) is 11.0. The normalized spacial score (nSPS) is 18.5. The number of nitrogens with zero attached hydrogens (tertiary/aromatic N) is 2. The number of aromatic nitrogens is 1. The zero-order chi connectivity index (χ0) is 21.9. The van der Waals surface area contributed by atoms with Crippen LogP contribution < -0.4 is 33.8 Å². The third kappa shape index (κ3) is 3.42. The zero-order valence-electron chi connectivity index (χ0n) is 19.5. The molecule has 0 amide bonds. The number of rotatable bonds is 3. The van der Waals surface area contributed by atoms with Gasteiger partial charge in [-0.2, -0.15) is 0 Å². The zero-order valence-corrected chi connectivity index (χ0v) is 21.7. The van der Waals surface area contributed by atoms with E-state index in [4.69, 9.17) is 4.42 Å². The van der Waals surface area contributed by atoms with Gasteiger partial charge >= 0.3 is 0 Å². The Bertz CT molecular complexity index is 1340. The van der Waals surface area contributed by atoms with Crippen molar-refractivity contribution >= 4 is 27.8 Å². The summed E-state index contributed by atoms with van der Waals surface area (Å²) in [5.74, 6) is 0. The number of furan rings is 1. The summed E-state index contributed by atoms with van der Waals surface area (Å²) in [5, 5.41) is 2.29. The molecule has 0 saturated heterocycles. The van der Waals surface area contributed by atoms with Gasteiger partial charge < -0.3 is 28.4 Å². The van der Waals surface area contributed by atoms with Crippen LogP contribution in [0.25, 0.3) is 22.1 Å². The van der Waals surface area contributed by atoms with Crippen LogP contribution in [0.3, 0.4) is 0 Å². The van der Waals surface area contributed by atoms with E-state index in [1.165, 1.54) is 32.7 Å². The molecule has 5 heteroatoms. The molecular weight excluding hydrogens is 509 g/mol. The van der Waals surface area contributed by atoms with E-state index in [0.29, 0.717) is 0 Å². The molecule has 0 bridgehead atoms. The van der Waals surface area contributed by atoms with Crippen molar-refractivity contribution in [1.82, 2.24) is 4.98 Å². The second-order valence-corrected chi connectivity index (χ2v) is 9.30. The Labute approximate surface area is 206 Å². The van der Waals surface area contributed by atoms with Gasteiger partial charge in [-0.1, -0.05) is 24.3 Å². The van der Waals surface area contributed by atoms with Crippen LogP contribution in [-0.2, 0) is 5.54 Å². The van der Waals surface area contributed by atoms with Gasteiger partial charge in [-0.05, 0) is 70.0 Å².